The Hall–Kier alpha value is -4.41. The molecule has 4 heterocycles. The van der Waals surface area contributed by atoms with E-state index in [2.05, 4.69) is 10.3 Å². The largest absolute Gasteiger partial charge is 0.496 e. The summed E-state index contributed by atoms with van der Waals surface area (Å²) < 4.78 is 26.5. The monoisotopic (exact) mass is 598 g/mol. The molecule has 2 aromatic carbocycles. The van der Waals surface area contributed by atoms with Gasteiger partial charge in [0.05, 0.1) is 36.1 Å². The summed E-state index contributed by atoms with van der Waals surface area (Å²) in [7, 11) is 1.52. The molecule has 2 unspecified atom stereocenters. The number of benzene rings is 2. The molecule has 0 amide bonds. The van der Waals surface area contributed by atoms with E-state index in [1.165, 1.54) is 24.5 Å². The van der Waals surface area contributed by atoms with Crippen LogP contribution in [0, 0.1) is 11.7 Å². The molecule has 0 bridgehead atoms. The minimum Gasteiger partial charge on any atom is -0.496 e. The fourth-order valence-corrected chi connectivity index (χ4v) is 6.77. The van der Waals surface area contributed by atoms with Crippen LogP contribution in [0.3, 0.4) is 0 Å². The van der Waals surface area contributed by atoms with E-state index < -0.39 is 17.4 Å². The van der Waals surface area contributed by atoms with Gasteiger partial charge in [0.1, 0.15) is 22.2 Å². The summed E-state index contributed by atoms with van der Waals surface area (Å²) >= 11 is 1.36. The van der Waals surface area contributed by atoms with Crippen molar-refractivity contribution in [2.24, 2.45) is 5.92 Å². The highest BCUT2D eigenvalue weighted by Crippen LogP contribution is 2.43. The number of hydrogen-bond acceptors (Lipinski definition) is 8. The number of pyridine rings is 1. The summed E-state index contributed by atoms with van der Waals surface area (Å²) in [6.45, 7) is 4.76. The first-order chi connectivity index (χ1) is 20.8. The number of carboxylic acids is 1. The van der Waals surface area contributed by atoms with Gasteiger partial charge in [-0.05, 0) is 47.4 Å². The number of aliphatic carboxylic acids is 1. The Labute approximate surface area is 252 Å². The van der Waals surface area contributed by atoms with Crippen molar-refractivity contribution in [2.45, 2.75) is 31.7 Å². The van der Waals surface area contributed by atoms with Crippen LogP contribution in [-0.2, 0) is 15.1 Å². The van der Waals surface area contributed by atoms with E-state index in [1.54, 1.807) is 24.5 Å². The second-order valence-electron chi connectivity index (χ2n) is 11.0. The zero-order valence-electron chi connectivity index (χ0n) is 24.0. The van der Waals surface area contributed by atoms with Crippen LogP contribution < -0.4 is 10.1 Å². The minimum atomic E-state index is -0.842. The minimum absolute atomic E-state index is 0.0497. The van der Waals surface area contributed by atoms with E-state index >= 15 is 4.39 Å². The second kappa shape index (κ2) is 11.7. The third-order valence-electron chi connectivity index (χ3n) is 7.89. The van der Waals surface area contributed by atoms with Crippen LogP contribution in [0.4, 0.5) is 10.2 Å². The van der Waals surface area contributed by atoms with Gasteiger partial charge in [-0.2, -0.15) is 0 Å². The van der Waals surface area contributed by atoms with Gasteiger partial charge in [-0.1, -0.05) is 44.2 Å². The Morgan fingerprint density at radius 1 is 1.14 bits per heavy atom. The number of rotatable bonds is 9. The predicted octanol–water partition coefficient (Wildman–Crippen LogP) is 7.12. The van der Waals surface area contributed by atoms with E-state index in [9.17, 15) is 9.90 Å². The zero-order valence-corrected chi connectivity index (χ0v) is 24.8. The van der Waals surface area contributed by atoms with Crippen LogP contribution in [0.2, 0.25) is 0 Å². The van der Waals surface area contributed by atoms with Gasteiger partial charge in [0, 0.05) is 35.9 Å². The molecule has 0 saturated carbocycles. The molecule has 3 aromatic heterocycles. The third kappa shape index (κ3) is 5.44. The number of carbonyl (C=O) groups is 1. The van der Waals surface area contributed by atoms with Gasteiger partial charge >= 0.3 is 5.97 Å². The Morgan fingerprint density at radius 2 is 1.95 bits per heavy atom. The Morgan fingerprint density at radius 3 is 2.60 bits per heavy atom. The summed E-state index contributed by atoms with van der Waals surface area (Å²) in [4.78, 5) is 27.3. The molecule has 5 aromatic rings. The number of ether oxygens (including phenoxy) is 2. The van der Waals surface area contributed by atoms with E-state index in [4.69, 9.17) is 19.4 Å². The molecule has 1 saturated heterocycles. The molecule has 0 spiro atoms. The number of methoxy groups -OCH3 is 1. The van der Waals surface area contributed by atoms with Gasteiger partial charge in [0.25, 0.3) is 0 Å². The molecular weight excluding hydrogens is 567 g/mol. The third-order valence-corrected chi connectivity index (χ3v) is 8.94. The quantitative estimate of drug-likeness (QED) is 0.185. The lowest BCUT2D eigenvalue weighted by Crippen LogP contribution is -2.36. The van der Waals surface area contributed by atoms with Gasteiger partial charge in [-0.25, -0.2) is 14.4 Å². The SMILES string of the molecule is COc1cccc(F)c1-c1cc2c(NC3(c4ccc(C(C(=O)O)C(C)C)cc4)CCOC3)nc(-c3cccnc3)nc2s1. The molecular formula is C33H31FN4O4S. The van der Waals surface area contributed by atoms with Crippen molar-refractivity contribution in [3.63, 3.8) is 0 Å². The predicted molar refractivity (Wildman–Crippen MR) is 165 cm³/mol. The number of nitrogens with one attached hydrogen (secondary N) is 1. The van der Waals surface area contributed by atoms with Gasteiger partial charge in [-0.15, -0.1) is 11.3 Å². The van der Waals surface area contributed by atoms with E-state index in [-0.39, 0.29) is 11.7 Å². The van der Waals surface area contributed by atoms with Crippen molar-refractivity contribution >= 4 is 33.3 Å². The first-order valence-corrected chi connectivity index (χ1v) is 14.9. The number of fused-ring (bicyclic) bond motifs is 1. The van der Waals surface area contributed by atoms with E-state index in [1.807, 2.05) is 56.3 Å². The number of halogens is 1. The van der Waals surface area contributed by atoms with Crippen LogP contribution >= 0.6 is 11.3 Å². The van der Waals surface area contributed by atoms with Crippen LogP contribution in [0.25, 0.3) is 32.0 Å². The van der Waals surface area contributed by atoms with Crippen LogP contribution in [0.1, 0.15) is 37.3 Å². The van der Waals surface area contributed by atoms with Crippen molar-refractivity contribution in [2.75, 3.05) is 25.6 Å². The zero-order chi connectivity index (χ0) is 30.1. The standard InChI is InChI=1S/C33H31FN4O4S/c1-19(2)27(32(39)40)20-9-11-22(12-10-20)33(13-15-42-18-33)38-30-23-16-26(28-24(34)7-4-8-25(28)41-3)43-31(23)37-29(36-30)21-6-5-14-35-17-21/h4-12,14,16-17,19,27H,13,15,18H2,1-3H3,(H,39,40)(H,36,37,38). The molecule has 6 rings (SSSR count). The van der Waals surface area contributed by atoms with E-state index in [0.29, 0.717) is 52.3 Å². The lowest BCUT2D eigenvalue weighted by molar-refractivity contribution is -0.139. The first kappa shape index (κ1) is 28.7. The lowest BCUT2D eigenvalue weighted by atomic mass is 9.84. The summed E-state index contributed by atoms with van der Waals surface area (Å²) in [5, 5.41) is 14.2. The first-order valence-electron chi connectivity index (χ1n) is 14.0. The number of anilines is 1. The van der Waals surface area contributed by atoms with Crippen LogP contribution in [0.15, 0.2) is 73.1 Å². The Kier molecular flexibility index (Phi) is 7.81. The lowest BCUT2D eigenvalue weighted by Gasteiger charge is -2.31. The number of thiophene rings is 1. The van der Waals surface area contributed by atoms with Gasteiger partial charge in [-0.3, -0.25) is 9.78 Å². The smallest absolute Gasteiger partial charge is 0.311 e. The molecule has 1 fully saturated rings. The second-order valence-corrected chi connectivity index (χ2v) is 12.0. The topological polar surface area (TPSA) is 106 Å². The van der Waals surface area contributed by atoms with Crippen LogP contribution in [0.5, 0.6) is 5.75 Å². The maximum absolute atomic E-state index is 15.1. The highest BCUT2D eigenvalue weighted by molar-refractivity contribution is 7.22. The normalized spacial score (nSPS) is 17.3. The van der Waals surface area contributed by atoms with E-state index in [0.717, 1.165) is 22.1 Å². The maximum atomic E-state index is 15.1. The van der Waals surface area contributed by atoms with Crippen LogP contribution in [-0.4, -0.2) is 46.4 Å². The molecule has 43 heavy (non-hydrogen) atoms. The molecule has 0 radical (unpaired) electrons. The summed E-state index contributed by atoms with van der Waals surface area (Å²) in [5.74, 6) is -0.367. The Balaban J connectivity index is 1.48. The summed E-state index contributed by atoms with van der Waals surface area (Å²) in [5.41, 5.74) is 2.21. The van der Waals surface area contributed by atoms with Gasteiger partial charge in [0.15, 0.2) is 5.82 Å². The molecule has 1 aliphatic rings. The molecule has 220 valence electrons. The fourth-order valence-electron chi connectivity index (χ4n) is 5.69. The average Bonchev–Trinajstić information content (AvgIpc) is 3.65. The molecule has 8 nitrogen and oxygen atoms in total. The van der Waals surface area contributed by atoms with Crippen molar-refractivity contribution in [1.29, 1.82) is 0 Å². The molecule has 2 N–H and O–H groups in total. The maximum Gasteiger partial charge on any atom is 0.311 e. The van der Waals surface area contributed by atoms with Crippen molar-refractivity contribution in [3.8, 4) is 27.6 Å². The van der Waals surface area contributed by atoms with Gasteiger partial charge in [0.2, 0.25) is 0 Å². The number of hydrogen-bond donors (Lipinski definition) is 2. The summed E-state index contributed by atoms with van der Waals surface area (Å²) in [6, 6.07) is 18.1. The average molecular weight is 599 g/mol. The van der Waals surface area contributed by atoms with Gasteiger partial charge < -0.3 is 19.9 Å². The highest BCUT2D eigenvalue weighted by Gasteiger charge is 2.38. The molecule has 1 aliphatic heterocycles. The number of nitrogens with zero attached hydrogens (tertiary/aromatic N) is 3. The fraction of sp³-hybridized carbons (Fsp3) is 0.273. The van der Waals surface area contributed by atoms with Crippen molar-refractivity contribution < 1.29 is 23.8 Å². The van der Waals surface area contributed by atoms with Crippen molar-refractivity contribution in [1.82, 2.24) is 15.0 Å². The van der Waals surface area contributed by atoms with Crippen molar-refractivity contribution in [3.05, 3.63) is 90.0 Å². The molecule has 2 atom stereocenters. The highest BCUT2D eigenvalue weighted by atomic mass is 32.1. The number of carboxylic acid groups (broad SMARTS) is 1. The summed E-state index contributed by atoms with van der Waals surface area (Å²) in [6.07, 6.45) is 4.07. The number of aromatic nitrogens is 3. The Bertz CT molecular complexity index is 1770. The molecule has 0 aliphatic carbocycles. The molecule has 10 heteroatoms.